The van der Waals surface area contributed by atoms with Crippen molar-refractivity contribution < 1.29 is 4.21 Å². The Kier molecular flexibility index (Phi) is 4.50. The summed E-state index contributed by atoms with van der Waals surface area (Å²) >= 11 is 11.8. The third-order valence-corrected chi connectivity index (χ3v) is 5.02. The Morgan fingerprint density at radius 1 is 1.16 bits per heavy atom. The Bertz CT molecular complexity index is 643. The van der Waals surface area contributed by atoms with Crippen molar-refractivity contribution >= 4 is 39.7 Å². The molecule has 0 heterocycles. The first kappa shape index (κ1) is 14.4. The highest BCUT2D eigenvalue weighted by atomic mass is 35.5. The lowest BCUT2D eigenvalue weighted by Crippen LogP contribution is -2.01. The van der Waals surface area contributed by atoms with E-state index in [0.717, 1.165) is 11.1 Å². The van der Waals surface area contributed by atoms with Crippen LogP contribution in [0.1, 0.15) is 11.1 Å². The van der Waals surface area contributed by atoms with Crippen LogP contribution in [0.3, 0.4) is 0 Å². The third-order valence-electron chi connectivity index (χ3n) is 2.93. The van der Waals surface area contributed by atoms with Crippen LogP contribution in [0.15, 0.2) is 41.3 Å². The number of rotatable bonds is 3. The summed E-state index contributed by atoms with van der Waals surface area (Å²) < 4.78 is 12.3. The Labute approximate surface area is 125 Å². The fourth-order valence-electron chi connectivity index (χ4n) is 1.70. The standard InChI is InChI=1S/C14H13Cl2NOS/c1-9-10(3-2-4-14(9)17)8-19(18)11-5-6-12(15)13(16)7-11/h2-7H,8,17H2,1H3. The van der Waals surface area contributed by atoms with Crippen molar-refractivity contribution in [1.29, 1.82) is 0 Å². The van der Waals surface area contributed by atoms with Crippen LogP contribution in [-0.4, -0.2) is 4.21 Å². The Hall–Kier alpha value is -1.03. The minimum absolute atomic E-state index is 0.412. The van der Waals surface area contributed by atoms with Crippen molar-refractivity contribution in [2.24, 2.45) is 0 Å². The van der Waals surface area contributed by atoms with Crippen LogP contribution < -0.4 is 5.73 Å². The molecule has 2 N–H and O–H groups in total. The summed E-state index contributed by atoms with van der Waals surface area (Å²) in [6.45, 7) is 1.93. The first-order valence-corrected chi connectivity index (χ1v) is 7.74. The van der Waals surface area contributed by atoms with Crippen LogP contribution in [0.5, 0.6) is 0 Å². The molecule has 5 heteroatoms. The fraction of sp³-hybridized carbons (Fsp3) is 0.143. The van der Waals surface area contributed by atoms with Crippen molar-refractivity contribution in [1.82, 2.24) is 0 Å². The lowest BCUT2D eigenvalue weighted by Gasteiger charge is -2.08. The van der Waals surface area contributed by atoms with Gasteiger partial charge in [-0.3, -0.25) is 4.21 Å². The molecule has 0 saturated heterocycles. The van der Waals surface area contributed by atoms with Crippen LogP contribution >= 0.6 is 23.2 Å². The van der Waals surface area contributed by atoms with Gasteiger partial charge in [0, 0.05) is 10.6 Å². The maximum absolute atomic E-state index is 12.3. The van der Waals surface area contributed by atoms with E-state index >= 15 is 0 Å². The highest BCUT2D eigenvalue weighted by molar-refractivity contribution is 7.84. The molecule has 0 spiro atoms. The quantitative estimate of drug-likeness (QED) is 0.863. The molecule has 100 valence electrons. The monoisotopic (exact) mass is 313 g/mol. The smallest absolute Gasteiger partial charge is 0.0604 e. The molecule has 2 aromatic rings. The zero-order valence-corrected chi connectivity index (χ0v) is 12.6. The zero-order chi connectivity index (χ0) is 14.0. The van der Waals surface area contributed by atoms with Crippen molar-refractivity contribution in [3.63, 3.8) is 0 Å². The van der Waals surface area contributed by atoms with Crippen LogP contribution in [0.4, 0.5) is 5.69 Å². The molecule has 0 radical (unpaired) electrons. The van der Waals surface area contributed by atoms with Gasteiger partial charge in [0.25, 0.3) is 0 Å². The highest BCUT2D eigenvalue weighted by Crippen LogP contribution is 2.26. The van der Waals surface area contributed by atoms with Gasteiger partial charge < -0.3 is 5.73 Å². The van der Waals surface area contributed by atoms with Gasteiger partial charge in [0.15, 0.2) is 0 Å². The number of hydrogen-bond donors (Lipinski definition) is 1. The van der Waals surface area contributed by atoms with Crippen molar-refractivity contribution in [2.75, 3.05) is 5.73 Å². The molecular formula is C14H13Cl2NOS. The Morgan fingerprint density at radius 3 is 2.58 bits per heavy atom. The molecule has 1 unspecified atom stereocenters. The van der Waals surface area contributed by atoms with E-state index in [0.29, 0.717) is 26.4 Å². The maximum atomic E-state index is 12.3. The van der Waals surface area contributed by atoms with Crippen molar-refractivity contribution in [3.8, 4) is 0 Å². The molecule has 2 rings (SSSR count). The maximum Gasteiger partial charge on any atom is 0.0604 e. The predicted octanol–water partition coefficient (Wildman–Crippen LogP) is 4.19. The first-order valence-electron chi connectivity index (χ1n) is 5.66. The molecule has 19 heavy (non-hydrogen) atoms. The summed E-state index contributed by atoms with van der Waals surface area (Å²) in [6.07, 6.45) is 0. The topological polar surface area (TPSA) is 43.1 Å². The summed E-state index contributed by atoms with van der Waals surface area (Å²) in [5, 5.41) is 0.874. The number of benzene rings is 2. The molecule has 0 aliphatic heterocycles. The van der Waals surface area contributed by atoms with E-state index in [9.17, 15) is 4.21 Å². The van der Waals surface area contributed by atoms with Gasteiger partial charge >= 0.3 is 0 Å². The molecule has 0 fully saturated rings. The summed E-state index contributed by atoms with van der Waals surface area (Å²) in [6, 6.07) is 10.7. The van der Waals surface area contributed by atoms with Gasteiger partial charge in [0.2, 0.25) is 0 Å². The minimum atomic E-state index is -1.17. The molecule has 2 nitrogen and oxygen atoms in total. The SMILES string of the molecule is Cc1c(N)cccc1CS(=O)c1ccc(Cl)c(Cl)c1. The molecule has 0 amide bonds. The van der Waals surface area contributed by atoms with Crippen LogP contribution in [0.2, 0.25) is 10.0 Å². The van der Waals surface area contributed by atoms with Gasteiger partial charge in [0.05, 0.1) is 26.6 Å². The summed E-state index contributed by atoms with van der Waals surface area (Å²) in [7, 11) is -1.17. The van der Waals surface area contributed by atoms with E-state index < -0.39 is 10.8 Å². The second kappa shape index (κ2) is 5.95. The molecular weight excluding hydrogens is 301 g/mol. The molecule has 0 aliphatic carbocycles. The number of halogens is 2. The second-order valence-electron chi connectivity index (χ2n) is 4.20. The van der Waals surface area contributed by atoms with E-state index in [2.05, 4.69) is 0 Å². The average molecular weight is 314 g/mol. The Morgan fingerprint density at radius 2 is 1.89 bits per heavy atom. The van der Waals surface area contributed by atoms with Crippen molar-refractivity contribution in [3.05, 3.63) is 57.6 Å². The largest absolute Gasteiger partial charge is 0.399 e. The summed E-state index contributed by atoms with van der Waals surface area (Å²) in [5.41, 5.74) is 8.50. The molecule has 0 aromatic heterocycles. The molecule has 0 aliphatic rings. The molecule has 0 saturated carbocycles. The van der Waals surface area contributed by atoms with Gasteiger partial charge in [-0.05, 0) is 42.3 Å². The number of nitrogen functional groups attached to an aromatic ring is 1. The lowest BCUT2D eigenvalue weighted by atomic mass is 10.1. The third kappa shape index (κ3) is 3.30. The normalized spacial score (nSPS) is 12.4. The van der Waals surface area contributed by atoms with Gasteiger partial charge in [-0.1, -0.05) is 35.3 Å². The molecule has 2 aromatic carbocycles. The molecule has 1 atom stereocenters. The van der Waals surface area contributed by atoms with Gasteiger partial charge in [0.1, 0.15) is 0 Å². The predicted molar refractivity (Wildman–Crippen MR) is 82.2 cm³/mol. The van der Waals surface area contributed by atoms with E-state index in [1.807, 2.05) is 25.1 Å². The molecule has 0 bridgehead atoms. The number of anilines is 1. The van der Waals surface area contributed by atoms with Crippen molar-refractivity contribution in [2.45, 2.75) is 17.6 Å². The number of nitrogens with two attached hydrogens (primary N) is 1. The minimum Gasteiger partial charge on any atom is -0.399 e. The number of hydrogen-bond acceptors (Lipinski definition) is 2. The lowest BCUT2D eigenvalue weighted by molar-refractivity contribution is 0.682. The van der Waals surface area contributed by atoms with E-state index in [1.54, 1.807) is 18.2 Å². The second-order valence-corrected chi connectivity index (χ2v) is 6.46. The van der Waals surface area contributed by atoms with Crippen LogP contribution in [0.25, 0.3) is 0 Å². The van der Waals surface area contributed by atoms with E-state index in [-0.39, 0.29) is 0 Å². The summed E-state index contributed by atoms with van der Waals surface area (Å²) in [4.78, 5) is 0.663. The average Bonchev–Trinajstić information content (AvgIpc) is 2.38. The van der Waals surface area contributed by atoms with Crippen LogP contribution in [0, 0.1) is 6.92 Å². The van der Waals surface area contributed by atoms with Gasteiger partial charge in [-0.2, -0.15) is 0 Å². The first-order chi connectivity index (χ1) is 8.99. The van der Waals surface area contributed by atoms with Crippen LogP contribution in [-0.2, 0) is 16.6 Å². The van der Waals surface area contributed by atoms with E-state index in [4.69, 9.17) is 28.9 Å². The Balaban J connectivity index is 2.26. The fourth-order valence-corrected chi connectivity index (χ4v) is 3.30. The van der Waals surface area contributed by atoms with Gasteiger partial charge in [-0.15, -0.1) is 0 Å². The highest BCUT2D eigenvalue weighted by Gasteiger charge is 2.10. The van der Waals surface area contributed by atoms with E-state index in [1.165, 1.54) is 0 Å². The summed E-state index contributed by atoms with van der Waals surface area (Å²) in [5.74, 6) is 0.412. The van der Waals surface area contributed by atoms with Gasteiger partial charge in [-0.25, -0.2) is 0 Å². The zero-order valence-electron chi connectivity index (χ0n) is 10.3.